The third-order valence-corrected chi connectivity index (χ3v) is 7.81. The van der Waals surface area contributed by atoms with E-state index in [-0.39, 0.29) is 18.4 Å². The first kappa shape index (κ1) is 29.5. The van der Waals surface area contributed by atoms with Gasteiger partial charge in [0.15, 0.2) is 11.5 Å². The van der Waals surface area contributed by atoms with Gasteiger partial charge >= 0.3 is 0 Å². The predicted octanol–water partition coefficient (Wildman–Crippen LogP) is 6.05. The SMILES string of the molecule is COc1ccc(C(O)(CO)c2ccc(N3C(=O)Cc4cc(OC)c(OC(C)C)cc4[C@@H]3c3ccc(Cl)cc3)cc2)cc1. The zero-order valence-corrected chi connectivity index (χ0v) is 24.8. The Balaban J connectivity index is 1.60. The molecule has 0 saturated heterocycles. The Morgan fingerprint density at radius 2 is 1.52 bits per heavy atom. The van der Waals surface area contributed by atoms with Crippen LogP contribution in [0.15, 0.2) is 84.9 Å². The number of hydrogen-bond donors (Lipinski definition) is 2. The molecule has 42 heavy (non-hydrogen) atoms. The second-order valence-electron chi connectivity index (χ2n) is 10.6. The van der Waals surface area contributed by atoms with Crippen molar-refractivity contribution in [3.05, 3.63) is 118 Å². The molecular formula is C34H34ClNO6. The van der Waals surface area contributed by atoms with Crippen molar-refractivity contribution in [3.8, 4) is 17.2 Å². The number of anilines is 1. The van der Waals surface area contributed by atoms with E-state index in [0.717, 1.165) is 16.7 Å². The number of ether oxygens (including phenoxy) is 3. The van der Waals surface area contributed by atoms with E-state index in [1.54, 1.807) is 67.7 Å². The second-order valence-corrected chi connectivity index (χ2v) is 11.0. The first-order chi connectivity index (χ1) is 20.2. The van der Waals surface area contributed by atoms with Crippen LogP contribution in [0.4, 0.5) is 5.69 Å². The first-order valence-corrected chi connectivity index (χ1v) is 14.1. The molecule has 4 aromatic carbocycles. The van der Waals surface area contributed by atoms with Gasteiger partial charge in [-0.1, -0.05) is 48.0 Å². The Kier molecular flexibility index (Phi) is 8.45. The lowest BCUT2D eigenvalue weighted by Gasteiger charge is -2.38. The normalized spacial score (nSPS) is 16.1. The van der Waals surface area contributed by atoms with Crippen molar-refractivity contribution < 1.29 is 29.2 Å². The number of amides is 1. The molecule has 1 unspecified atom stereocenters. The van der Waals surface area contributed by atoms with Crippen LogP contribution >= 0.6 is 11.6 Å². The van der Waals surface area contributed by atoms with Gasteiger partial charge in [0.1, 0.15) is 11.4 Å². The van der Waals surface area contributed by atoms with E-state index in [0.29, 0.717) is 39.1 Å². The van der Waals surface area contributed by atoms with Crippen molar-refractivity contribution in [2.75, 3.05) is 25.7 Å². The van der Waals surface area contributed by atoms with Gasteiger partial charge in [0, 0.05) is 10.7 Å². The van der Waals surface area contributed by atoms with Gasteiger partial charge in [-0.25, -0.2) is 0 Å². The van der Waals surface area contributed by atoms with Crippen molar-refractivity contribution in [1.82, 2.24) is 0 Å². The standard InChI is InChI=1S/C34H34ClNO6/c1-21(2)42-31-19-29-23(17-30(31)41-4)18-32(38)36(33(29)22-5-11-26(35)12-6-22)27-13-7-24(8-14-27)34(39,20-37)25-9-15-28(40-3)16-10-25/h5-17,19,21,33,37,39H,18,20H2,1-4H3/t33-,34?/m0/s1. The van der Waals surface area contributed by atoms with Crippen LogP contribution in [0.5, 0.6) is 17.2 Å². The Hall–Kier alpha value is -4.04. The van der Waals surface area contributed by atoms with Gasteiger partial charge in [0.05, 0.1) is 39.4 Å². The average molecular weight is 588 g/mol. The molecule has 0 bridgehead atoms. The van der Waals surface area contributed by atoms with Crippen LogP contribution in [0.25, 0.3) is 0 Å². The maximum atomic E-state index is 13.8. The summed E-state index contributed by atoms with van der Waals surface area (Å²) in [5.41, 5.74) is 2.67. The van der Waals surface area contributed by atoms with Crippen LogP contribution in [0.2, 0.25) is 5.02 Å². The summed E-state index contributed by atoms with van der Waals surface area (Å²) in [6.45, 7) is 3.38. The van der Waals surface area contributed by atoms with E-state index in [4.69, 9.17) is 25.8 Å². The fourth-order valence-electron chi connectivity index (χ4n) is 5.44. The average Bonchev–Trinajstić information content (AvgIpc) is 3.00. The Labute approximate surface area is 250 Å². The van der Waals surface area contributed by atoms with Crippen LogP contribution < -0.4 is 19.1 Å². The van der Waals surface area contributed by atoms with E-state index < -0.39 is 18.2 Å². The number of nitrogens with zero attached hydrogens (tertiary/aromatic N) is 1. The quantitative estimate of drug-likeness (QED) is 0.248. The number of aliphatic hydroxyl groups is 2. The van der Waals surface area contributed by atoms with E-state index in [9.17, 15) is 15.0 Å². The second kappa shape index (κ2) is 12.1. The van der Waals surface area contributed by atoms with Crippen molar-refractivity contribution >= 4 is 23.2 Å². The number of rotatable bonds is 9. The number of hydrogen-bond acceptors (Lipinski definition) is 6. The molecule has 7 nitrogen and oxygen atoms in total. The predicted molar refractivity (Wildman–Crippen MR) is 163 cm³/mol. The van der Waals surface area contributed by atoms with Gasteiger partial charge < -0.3 is 29.3 Å². The number of carbonyl (C=O) groups is 1. The number of benzene rings is 4. The third-order valence-electron chi connectivity index (χ3n) is 7.56. The summed E-state index contributed by atoms with van der Waals surface area (Å²) in [6, 6.07) is 24.8. The minimum absolute atomic E-state index is 0.0734. The molecule has 218 valence electrons. The summed E-state index contributed by atoms with van der Waals surface area (Å²) in [5.74, 6) is 1.72. The molecule has 5 rings (SSSR count). The highest BCUT2D eigenvalue weighted by molar-refractivity contribution is 6.30. The largest absolute Gasteiger partial charge is 0.497 e. The van der Waals surface area contributed by atoms with Crippen molar-refractivity contribution in [1.29, 1.82) is 0 Å². The van der Waals surface area contributed by atoms with Crippen LogP contribution in [0.1, 0.15) is 47.7 Å². The molecule has 0 saturated carbocycles. The lowest BCUT2D eigenvalue weighted by Crippen LogP contribution is -2.41. The van der Waals surface area contributed by atoms with E-state index >= 15 is 0 Å². The Bertz CT molecular complexity index is 1550. The molecule has 1 aliphatic heterocycles. The molecule has 8 heteroatoms. The van der Waals surface area contributed by atoms with E-state index in [2.05, 4.69) is 0 Å². The summed E-state index contributed by atoms with van der Waals surface area (Å²) in [6.07, 6.45) is 0.0992. The summed E-state index contributed by atoms with van der Waals surface area (Å²) >= 11 is 6.23. The van der Waals surface area contributed by atoms with Crippen LogP contribution in [-0.4, -0.2) is 43.1 Å². The molecule has 0 spiro atoms. The fourth-order valence-corrected chi connectivity index (χ4v) is 5.57. The first-order valence-electron chi connectivity index (χ1n) is 13.7. The lowest BCUT2D eigenvalue weighted by molar-refractivity contribution is -0.118. The zero-order valence-electron chi connectivity index (χ0n) is 24.0. The Morgan fingerprint density at radius 3 is 2.07 bits per heavy atom. The third kappa shape index (κ3) is 5.55. The molecule has 0 fully saturated rings. The van der Waals surface area contributed by atoms with E-state index in [1.807, 2.05) is 50.2 Å². The fraction of sp³-hybridized carbons (Fsp3) is 0.265. The minimum atomic E-state index is -1.64. The van der Waals surface area contributed by atoms with Crippen molar-refractivity contribution in [2.45, 2.75) is 38.0 Å². The monoisotopic (exact) mass is 587 g/mol. The highest BCUT2D eigenvalue weighted by Crippen LogP contribution is 2.44. The number of carbonyl (C=O) groups excluding carboxylic acids is 1. The number of halogens is 1. The summed E-state index contributed by atoms with van der Waals surface area (Å²) in [5, 5.41) is 22.4. The van der Waals surface area contributed by atoms with Crippen molar-refractivity contribution in [3.63, 3.8) is 0 Å². The lowest BCUT2D eigenvalue weighted by atomic mass is 9.85. The van der Waals surface area contributed by atoms with Gasteiger partial charge in [-0.05, 0) is 90.2 Å². The summed E-state index contributed by atoms with van der Waals surface area (Å²) in [7, 11) is 3.15. The Morgan fingerprint density at radius 1 is 0.905 bits per heavy atom. The van der Waals surface area contributed by atoms with Crippen LogP contribution in [0.3, 0.4) is 0 Å². The van der Waals surface area contributed by atoms with E-state index in [1.165, 1.54) is 0 Å². The number of methoxy groups -OCH3 is 2. The molecule has 1 heterocycles. The van der Waals surface area contributed by atoms with Gasteiger partial charge in [0.25, 0.3) is 0 Å². The van der Waals surface area contributed by atoms with Gasteiger partial charge in [-0.2, -0.15) is 0 Å². The number of fused-ring (bicyclic) bond motifs is 1. The molecule has 1 aliphatic rings. The smallest absolute Gasteiger partial charge is 0.232 e. The molecule has 1 amide bonds. The number of aliphatic hydroxyl groups excluding tert-OH is 1. The van der Waals surface area contributed by atoms with Gasteiger partial charge in [-0.3, -0.25) is 4.79 Å². The molecule has 2 N–H and O–H groups in total. The maximum Gasteiger partial charge on any atom is 0.232 e. The highest BCUT2D eigenvalue weighted by atomic mass is 35.5. The topological polar surface area (TPSA) is 88.5 Å². The molecular weight excluding hydrogens is 554 g/mol. The van der Waals surface area contributed by atoms with Gasteiger partial charge in [0.2, 0.25) is 5.91 Å². The van der Waals surface area contributed by atoms with Crippen LogP contribution in [-0.2, 0) is 16.8 Å². The van der Waals surface area contributed by atoms with Gasteiger partial charge in [-0.15, -0.1) is 0 Å². The molecule has 0 radical (unpaired) electrons. The highest BCUT2D eigenvalue weighted by Gasteiger charge is 2.37. The molecule has 0 aliphatic carbocycles. The summed E-state index contributed by atoms with van der Waals surface area (Å²) in [4.78, 5) is 15.6. The van der Waals surface area contributed by atoms with Crippen LogP contribution in [0, 0.1) is 0 Å². The molecule has 4 aromatic rings. The summed E-state index contributed by atoms with van der Waals surface area (Å²) < 4.78 is 16.9. The maximum absolute atomic E-state index is 13.8. The molecule has 2 atom stereocenters. The molecule has 0 aromatic heterocycles. The van der Waals surface area contributed by atoms with Crippen molar-refractivity contribution in [2.24, 2.45) is 0 Å². The zero-order chi connectivity index (χ0) is 30.0. The minimum Gasteiger partial charge on any atom is -0.497 e.